The molecule has 5 rings (SSSR count). The van der Waals surface area contributed by atoms with Crippen LogP contribution in [-0.4, -0.2) is 49.4 Å². The third-order valence-corrected chi connectivity index (χ3v) is 5.89. The topological polar surface area (TPSA) is 79.2 Å². The van der Waals surface area contributed by atoms with E-state index in [1.54, 1.807) is 0 Å². The summed E-state index contributed by atoms with van der Waals surface area (Å²) in [6, 6.07) is 6.10. The van der Waals surface area contributed by atoms with Crippen LogP contribution in [0.2, 0.25) is 0 Å². The number of aryl methyl sites for hydroxylation is 2. The van der Waals surface area contributed by atoms with Crippen LogP contribution < -0.4 is 5.56 Å². The van der Waals surface area contributed by atoms with Crippen LogP contribution in [0.5, 0.6) is 0 Å². The number of rotatable bonds is 2. The Bertz CT molecular complexity index is 1280. The van der Waals surface area contributed by atoms with E-state index in [0.717, 1.165) is 43.0 Å². The lowest BCUT2D eigenvalue weighted by Gasteiger charge is -2.29. The number of fused-ring (bicyclic) bond motifs is 2. The zero-order valence-corrected chi connectivity index (χ0v) is 16.9. The van der Waals surface area contributed by atoms with Crippen molar-refractivity contribution >= 4 is 16.6 Å². The summed E-state index contributed by atoms with van der Waals surface area (Å²) in [5.41, 5.74) is 4.98. The van der Waals surface area contributed by atoms with Gasteiger partial charge in [-0.3, -0.25) is 9.78 Å². The number of hydrogen-bond donors (Lipinski definition) is 1. The van der Waals surface area contributed by atoms with Crippen LogP contribution >= 0.6 is 0 Å². The summed E-state index contributed by atoms with van der Waals surface area (Å²) in [5, 5.41) is 0.641. The van der Waals surface area contributed by atoms with Crippen LogP contribution in [0.25, 0.3) is 28.1 Å². The molecule has 29 heavy (non-hydrogen) atoms. The summed E-state index contributed by atoms with van der Waals surface area (Å²) in [5.74, 6) is 0.988. The molecule has 1 fully saturated rings. The lowest BCUT2D eigenvalue weighted by molar-refractivity contribution is 0.255. The van der Waals surface area contributed by atoms with Crippen molar-refractivity contribution in [3.05, 3.63) is 57.9 Å². The highest BCUT2D eigenvalue weighted by atomic mass is 16.1. The maximum Gasteiger partial charge on any atom is 0.259 e. The second kappa shape index (κ2) is 6.77. The summed E-state index contributed by atoms with van der Waals surface area (Å²) in [4.78, 5) is 31.9. The maximum absolute atomic E-state index is 12.8. The van der Waals surface area contributed by atoms with Gasteiger partial charge in [0.15, 0.2) is 11.5 Å². The number of benzene rings is 1. The van der Waals surface area contributed by atoms with Gasteiger partial charge < -0.3 is 14.3 Å². The summed E-state index contributed by atoms with van der Waals surface area (Å²) >= 11 is 0. The summed E-state index contributed by atoms with van der Waals surface area (Å²) in [6.45, 7) is 6.07. The molecule has 0 spiro atoms. The van der Waals surface area contributed by atoms with Crippen molar-refractivity contribution in [2.24, 2.45) is 0 Å². The van der Waals surface area contributed by atoms with Crippen LogP contribution in [0, 0.1) is 13.8 Å². The molecule has 0 bridgehead atoms. The average Bonchev–Trinajstić information content (AvgIpc) is 3.13. The van der Waals surface area contributed by atoms with E-state index in [1.807, 2.05) is 42.8 Å². The Morgan fingerprint density at radius 3 is 2.66 bits per heavy atom. The van der Waals surface area contributed by atoms with E-state index in [2.05, 4.69) is 33.0 Å². The van der Waals surface area contributed by atoms with Crippen molar-refractivity contribution in [1.29, 1.82) is 0 Å². The molecule has 1 N–H and O–H groups in total. The standard InChI is InChI=1S/C22H24N6O/c1-13-11-28-12-19(25-21(28)14(2)23-13)20-24-18-5-4-16(10-17(18)22(29)26-20)15-6-8-27(3)9-7-15/h4-5,10-12,15H,6-9H2,1-3H3,(H,24,26,29). The van der Waals surface area contributed by atoms with Crippen molar-refractivity contribution in [2.75, 3.05) is 20.1 Å². The van der Waals surface area contributed by atoms with E-state index >= 15 is 0 Å². The number of aromatic nitrogens is 5. The van der Waals surface area contributed by atoms with Gasteiger partial charge >= 0.3 is 0 Å². The molecule has 0 atom stereocenters. The predicted octanol–water partition coefficient (Wildman–Crippen LogP) is 3.06. The fraction of sp³-hybridized carbons (Fsp3) is 0.364. The molecule has 0 unspecified atom stereocenters. The van der Waals surface area contributed by atoms with E-state index in [0.29, 0.717) is 28.3 Å². The van der Waals surface area contributed by atoms with Gasteiger partial charge in [-0.2, -0.15) is 0 Å². The van der Waals surface area contributed by atoms with Crippen LogP contribution in [0.4, 0.5) is 0 Å². The molecule has 1 aliphatic rings. The van der Waals surface area contributed by atoms with E-state index < -0.39 is 0 Å². The SMILES string of the molecule is Cc1cn2cc(-c3nc4ccc(C5CCN(C)CC5)cc4c(=O)[nH]3)nc2c(C)n1. The van der Waals surface area contributed by atoms with Gasteiger partial charge in [0.05, 0.1) is 22.3 Å². The number of nitrogens with zero attached hydrogens (tertiary/aromatic N) is 5. The molecule has 7 nitrogen and oxygen atoms in total. The predicted molar refractivity (Wildman–Crippen MR) is 113 cm³/mol. The van der Waals surface area contributed by atoms with Gasteiger partial charge in [0.2, 0.25) is 0 Å². The first kappa shape index (κ1) is 18.0. The highest BCUT2D eigenvalue weighted by Crippen LogP contribution is 2.29. The summed E-state index contributed by atoms with van der Waals surface area (Å²) in [6.07, 6.45) is 6.05. The van der Waals surface area contributed by atoms with Gasteiger partial charge in [-0.15, -0.1) is 0 Å². The van der Waals surface area contributed by atoms with E-state index in [4.69, 9.17) is 4.98 Å². The van der Waals surface area contributed by atoms with Gasteiger partial charge in [-0.05, 0) is 70.4 Å². The molecule has 148 valence electrons. The number of nitrogens with one attached hydrogen (secondary N) is 1. The quantitative estimate of drug-likeness (QED) is 0.571. The number of likely N-dealkylation sites (tertiary alicyclic amines) is 1. The van der Waals surface area contributed by atoms with Gasteiger partial charge in [0, 0.05) is 12.4 Å². The van der Waals surface area contributed by atoms with Crippen LogP contribution in [-0.2, 0) is 0 Å². The molecule has 0 saturated carbocycles. The first-order valence-corrected chi connectivity index (χ1v) is 10.0. The zero-order chi connectivity index (χ0) is 20.1. The molecule has 3 aromatic heterocycles. The number of imidazole rings is 1. The molecule has 0 radical (unpaired) electrons. The third-order valence-electron chi connectivity index (χ3n) is 5.89. The molecule has 0 amide bonds. The first-order valence-electron chi connectivity index (χ1n) is 10.0. The Kier molecular flexibility index (Phi) is 4.20. The highest BCUT2D eigenvalue weighted by Gasteiger charge is 2.19. The number of H-pyrrole nitrogens is 1. The maximum atomic E-state index is 12.8. The molecular formula is C22H24N6O. The lowest BCUT2D eigenvalue weighted by Crippen LogP contribution is -2.29. The largest absolute Gasteiger partial charge is 0.306 e. The van der Waals surface area contributed by atoms with E-state index in [-0.39, 0.29) is 5.56 Å². The number of piperidine rings is 1. The fourth-order valence-electron chi connectivity index (χ4n) is 4.29. The molecule has 0 aliphatic carbocycles. The molecular weight excluding hydrogens is 364 g/mol. The van der Waals surface area contributed by atoms with E-state index in [1.165, 1.54) is 5.56 Å². The molecule has 1 aromatic carbocycles. The van der Waals surface area contributed by atoms with Crippen LogP contribution in [0.1, 0.15) is 35.7 Å². The smallest absolute Gasteiger partial charge is 0.259 e. The Balaban J connectivity index is 1.56. The Hall–Kier alpha value is -3.06. The van der Waals surface area contributed by atoms with E-state index in [9.17, 15) is 4.79 Å². The van der Waals surface area contributed by atoms with Crippen molar-refractivity contribution in [3.63, 3.8) is 0 Å². The average molecular weight is 388 g/mol. The van der Waals surface area contributed by atoms with Crippen molar-refractivity contribution in [3.8, 4) is 11.5 Å². The van der Waals surface area contributed by atoms with Gasteiger partial charge in [0.1, 0.15) is 5.69 Å². The normalized spacial score (nSPS) is 16.1. The highest BCUT2D eigenvalue weighted by molar-refractivity contribution is 5.80. The molecule has 4 heterocycles. The second-order valence-corrected chi connectivity index (χ2v) is 8.09. The van der Waals surface area contributed by atoms with Crippen molar-refractivity contribution in [2.45, 2.75) is 32.6 Å². The van der Waals surface area contributed by atoms with Crippen molar-refractivity contribution < 1.29 is 0 Å². The molecule has 1 aliphatic heterocycles. The minimum absolute atomic E-state index is 0.122. The van der Waals surface area contributed by atoms with Gasteiger partial charge in [0.25, 0.3) is 5.56 Å². The summed E-state index contributed by atoms with van der Waals surface area (Å²) < 4.78 is 1.93. The Morgan fingerprint density at radius 1 is 1.07 bits per heavy atom. The molecule has 4 aromatic rings. The van der Waals surface area contributed by atoms with Crippen LogP contribution in [0.3, 0.4) is 0 Å². The number of aromatic amines is 1. The second-order valence-electron chi connectivity index (χ2n) is 8.09. The van der Waals surface area contributed by atoms with Crippen molar-refractivity contribution in [1.82, 2.24) is 29.2 Å². The third kappa shape index (κ3) is 3.21. The summed E-state index contributed by atoms with van der Waals surface area (Å²) in [7, 11) is 2.16. The minimum Gasteiger partial charge on any atom is -0.306 e. The van der Waals surface area contributed by atoms with Crippen LogP contribution in [0.15, 0.2) is 35.4 Å². The zero-order valence-electron chi connectivity index (χ0n) is 16.9. The molecule has 1 saturated heterocycles. The monoisotopic (exact) mass is 388 g/mol. The lowest BCUT2D eigenvalue weighted by atomic mass is 9.89. The Morgan fingerprint density at radius 2 is 1.86 bits per heavy atom. The minimum atomic E-state index is -0.122. The fourth-order valence-corrected chi connectivity index (χ4v) is 4.29. The first-order chi connectivity index (χ1) is 14.0. The van der Waals surface area contributed by atoms with Gasteiger partial charge in [-0.1, -0.05) is 6.07 Å². The Labute approximate surface area is 168 Å². The number of hydrogen-bond acceptors (Lipinski definition) is 5. The van der Waals surface area contributed by atoms with Gasteiger partial charge in [-0.25, -0.2) is 9.97 Å². The molecule has 7 heteroatoms.